The molecule has 0 aliphatic rings. The summed E-state index contributed by atoms with van der Waals surface area (Å²) in [7, 11) is 0. The third-order valence-electron chi connectivity index (χ3n) is 3.10. The maximum atomic E-state index is 12.1. The second kappa shape index (κ2) is 7.82. The average Bonchev–Trinajstić information content (AvgIpc) is 2.97. The first-order valence-electron chi connectivity index (χ1n) is 6.77. The Labute approximate surface area is 123 Å². The van der Waals surface area contributed by atoms with Crippen LogP contribution in [0.2, 0.25) is 0 Å². The standard InChI is InChI=1S/C16H19NO2S/c18-10-4-9-15(13-6-2-1-3-7-13)17-16(19)12-14-8-5-11-20-14/h1-3,5-8,11,15,18H,4,9-10,12H2,(H,17,19). The number of rotatable bonds is 7. The van der Waals surface area contributed by atoms with Crippen molar-refractivity contribution in [1.29, 1.82) is 0 Å². The van der Waals surface area contributed by atoms with Crippen molar-refractivity contribution in [3.05, 3.63) is 58.3 Å². The predicted octanol–water partition coefficient (Wildman–Crippen LogP) is 2.92. The Balaban J connectivity index is 1.98. The number of thiophene rings is 1. The van der Waals surface area contributed by atoms with Gasteiger partial charge in [0.25, 0.3) is 0 Å². The summed E-state index contributed by atoms with van der Waals surface area (Å²) >= 11 is 1.59. The van der Waals surface area contributed by atoms with Gasteiger partial charge in [-0.2, -0.15) is 0 Å². The van der Waals surface area contributed by atoms with Crippen LogP contribution in [0.4, 0.5) is 0 Å². The second-order valence-corrected chi connectivity index (χ2v) is 5.69. The highest BCUT2D eigenvalue weighted by Crippen LogP contribution is 2.18. The summed E-state index contributed by atoms with van der Waals surface area (Å²) in [5.41, 5.74) is 1.08. The van der Waals surface area contributed by atoms with Gasteiger partial charge in [0.15, 0.2) is 0 Å². The summed E-state index contributed by atoms with van der Waals surface area (Å²) in [6, 6.07) is 13.8. The molecule has 0 spiro atoms. The Hall–Kier alpha value is -1.65. The van der Waals surface area contributed by atoms with E-state index in [4.69, 9.17) is 5.11 Å². The van der Waals surface area contributed by atoms with E-state index in [9.17, 15) is 4.79 Å². The number of benzene rings is 1. The Morgan fingerprint density at radius 3 is 2.65 bits per heavy atom. The molecule has 1 aromatic carbocycles. The minimum absolute atomic E-state index is 0.0271. The van der Waals surface area contributed by atoms with Crippen LogP contribution in [0.15, 0.2) is 47.8 Å². The van der Waals surface area contributed by atoms with Crippen LogP contribution in [0.5, 0.6) is 0 Å². The van der Waals surface area contributed by atoms with Crippen LogP contribution in [-0.2, 0) is 11.2 Å². The Kier molecular flexibility index (Phi) is 5.77. The van der Waals surface area contributed by atoms with Crippen molar-refractivity contribution in [2.75, 3.05) is 6.61 Å². The molecule has 1 amide bonds. The van der Waals surface area contributed by atoms with E-state index in [-0.39, 0.29) is 18.6 Å². The second-order valence-electron chi connectivity index (χ2n) is 4.65. The van der Waals surface area contributed by atoms with Crippen molar-refractivity contribution in [3.63, 3.8) is 0 Å². The van der Waals surface area contributed by atoms with Crippen LogP contribution in [-0.4, -0.2) is 17.6 Å². The average molecular weight is 289 g/mol. The molecule has 0 bridgehead atoms. The predicted molar refractivity (Wildman–Crippen MR) is 81.7 cm³/mol. The van der Waals surface area contributed by atoms with Crippen LogP contribution in [0.25, 0.3) is 0 Å². The molecule has 1 unspecified atom stereocenters. The number of carbonyl (C=O) groups is 1. The molecule has 3 nitrogen and oxygen atoms in total. The van der Waals surface area contributed by atoms with Crippen molar-refractivity contribution in [2.24, 2.45) is 0 Å². The lowest BCUT2D eigenvalue weighted by molar-refractivity contribution is -0.121. The van der Waals surface area contributed by atoms with E-state index in [2.05, 4.69) is 5.32 Å². The smallest absolute Gasteiger partial charge is 0.225 e. The van der Waals surface area contributed by atoms with Gasteiger partial charge >= 0.3 is 0 Å². The monoisotopic (exact) mass is 289 g/mol. The number of aliphatic hydroxyl groups is 1. The number of aliphatic hydroxyl groups excluding tert-OH is 1. The lowest BCUT2D eigenvalue weighted by Crippen LogP contribution is -2.29. The number of hydrogen-bond donors (Lipinski definition) is 2. The van der Waals surface area contributed by atoms with Gasteiger partial charge in [-0.25, -0.2) is 0 Å². The Morgan fingerprint density at radius 1 is 1.20 bits per heavy atom. The molecule has 0 aliphatic heterocycles. The molecule has 4 heteroatoms. The first-order chi connectivity index (χ1) is 9.79. The zero-order valence-corrected chi connectivity index (χ0v) is 12.1. The van der Waals surface area contributed by atoms with Crippen LogP contribution in [0.3, 0.4) is 0 Å². The minimum atomic E-state index is -0.0317. The van der Waals surface area contributed by atoms with Crippen LogP contribution < -0.4 is 5.32 Å². The van der Waals surface area contributed by atoms with E-state index in [1.54, 1.807) is 11.3 Å². The maximum Gasteiger partial charge on any atom is 0.225 e. The van der Waals surface area contributed by atoms with Crippen molar-refractivity contribution >= 4 is 17.2 Å². The van der Waals surface area contributed by atoms with Gasteiger partial charge in [0.2, 0.25) is 5.91 Å². The van der Waals surface area contributed by atoms with E-state index < -0.39 is 0 Å². The number of carbonyl (C=O) groups excluding carboxylic acids is 1. The molecule has 0 saturated carbocycles. The molecule has 0 saturated heterocycles. The number of nitrogens with one attached hydrogen (secondary N) is 1. The first-order valence-corrected chi connectivity index (χ1v) is 7.65. The number of hydrogen-bond acceptors (Lipinski definition) is 3. The lowest BCUT2D eigenvalue weighted by atomic mass is 10.0. The fourth-order valence-corrected chi connectivity index (χ4v) is 2.82. The molecule has 1 aromatic heterocycles. The van der Waals surface area contributed by atoms with Gasteiger partial charge in [-0.15, -0.1) is 11.3 Å². The highest BCUT2D eigenvalue weighted by atomic mass is 32.1. The van der Waals surface area contributed by atoms with Gasteiger partial charge in [-0.05, 0) is 29.9 Å². The van der Waals surface area contributed by atoms with Gasteiger partial charge in [0.1, 0.15) is 0 Å². The lowest BCUT2D eigenvalue weighted by Gasteiger charge is -2.18. The molecule has 1 heterocycles. The van der Waals surface area contributed by atoms with Crippen molar-refractivity contribution in [2.45, 2.75) is 25.3 Å². The molecular formula is C16H19NO2S. The molecule has 2 N–H and O–H groups in total. The topological polar surface area (TPSA) is 49.3 Å². The molecule has 1 atom stereocenters. The third kappa shape index (κ3) is 4.47. The van der Waals surface area contributed by atoms with E-state index in [1.807, 2.05) is 47.8 Å². The summed E-state index contributed by atoms with van der Waals surface area (Å²) in [6.07, 6.45) is 1.84. The molecule has 0 aliphatic carbocycles. The molecule has 0 radical (unpaired) electrons. The fourth-order valence-electron chi connectivity index (χ4n) is 2.12. The highest BCUT2D eigenvalue weighted by Gasteiger charge is 2.14. The van der Waals surface area contributed by atoms with E-state index in [0.717, 1.165) is 16.9 Å². The number of amides is 1. The summed E-state index contributed by atoms with van der Waals surface area (Å²) in [4.78, 5) is 13.2. The summed E-state index contributed by atoms with van der Waals surface area (Å²) in [5.74, 6) is 0.0271. The van der Waals surface area contributed by atoms with Gasteiger partial charge in [-0.3, -0.25) is 4.79 Å². The first kappa shape index (κ1) is 14.8. The quantitative estimate of drug-likeness (QED) is 0.823. The highest BCUT2D eigenvalue weighted by molar-refractivity contribution is 7.10. The fraction of sp³-hybridized carbons (Fsp3) is 0.312. The van der Waals surface area contributed by atoms with Crippen molar-refractivity contribution in [1.82, 2.24) is 5.32 Å². The molecule has 2 aromatic rings. The van der Waals surface area contributed by atoms with Crippen LogP contribution in [0, 0.1) is 0 Å². The summed E-state index contributed by atoms with van der Waals surface area (Å²) < 4.78 is 0. The van der Waals surface area contributed by atoms with E-state index in [1.165, 1.54) is 0 Å². The maximum absolute atomic E-state index is 12.1. The summed E-state index contributed by atoms with van der Waals surface area (Å²) in [6.45, 7) is 0.143. The van der Waals surface area contributed by atoms with Crippen LogP contribution >= 0.6 is 11.3 Å². The van der Waals surface area contributed by atoms with Gasteiger partial charge < -0.3 is 10.4 Å². The zero-order valence-electron chi connectivity index (χ0n) is 11.3. The minimum Gasteiger partial charge on any atom is -0.396 e. The molecular weight excluding hydrogens is 270 g/mol. The van der Waals surface area contributed by atoms with Crippen molar-refractivity contribution < 1.29 is 9.90 Å². The summed E-state index contributed by atoms with van der Waals surface area (Å²) in [5, 5.41) is 14.0. The normalized spacial score (nSPS) is 12.1. The van der Waals surface area contributed by atoms with Gasteiger partial charge in [-0.1, -0.05) is 36.4 Å². The molecule has 2 rings (SSSR count). The molecule has 106 valence electrons. The van der Waals surface area contributed by atoms with Gasteiger partial charge in [0, 0.05) is 11.5 Å². The van der Waals surface area contributed by atoms with E-state index in [0.29, 0.717) is 12.8 Å². The Bertz CT molecular complexity index is 511. The zero-order chi connectivity index (χ0) is 14.2. The largest absolute Gasteiger partial charge is 0.396 e. The Morgan fingerprint density at radius 2 is 2.00 bits per heavy atom. The van der Waals surface area contributed by atoms with E-state index >= 15 is 0 Å². The molecule has 0 fully saturated rings. The third-order valence-corrected chi connectivity index (χ3v) is 3.98. The molecule has 20 heavy (non-hydrogen) atoms. The van der Waals surface area contributed by atoms with Gasteiger partial charge in [0.05, 0.1) is 12.5 Å². The van der Waals surface area contributed by atoms with Crippen molar-refractivity contribution in [3.8, 4) is 0 Å². The van der Waals surface area contributed by atoms with Crippen LogP contribution in [0.1, 0.15) is 29.3 Å². The SMILES string of the molecule is O=C(Cc1cccs1)NC(CCCO)c1ccccc1.